The van der Waals surface area contributed by atoms with Gasteiger partial charge in [0.2, 0.25) is 5.91 Å². The van der Waals surface area contributed by atoms with E-state index < -0.39 is 16.8 Å². The topological polar surface area (TPSA) is 57.6 Å². The van der Waals surface area contributed by atoms with Gasteiger partial charge >= 0.3 is 5.97 Å². The molecule has 0 spiro atoms. The molecule has 0 aromatic rings. The van der Waals surface area contributed by atoms with Crippen molar-refractivity contribution in [2.45, 2.75) is 37.5 Å². The molecular formula is C9H15NO3S. The molecule has 0 aliphatic carbocycles. The summed E-state index contributed by atoms with van der Waals surface area (Å²) in [5.74, 6) is -1.13. The number of amides is 1. The first-order valence-electron chi connectivity index (χ1n) is 4.60. The Morgan fingerprint density at radius 3 is 2.50 bits per heavy atom. The van der Waals surface area contributed by atoms with Crippen LogP contribution in [-0.4, -0.2) is 39.2 Å². The van der Waals surface area contributed by atoms with Crippen molar-refractivity contribution in [3.8, 4) is 0 Å². The van der Waals surface area contributed by atoms with Crippen LogP contribution in [0.15, 0.2) is 0 Å². The second kappa shape index (κ2) is 3.81. The molecule has 1 fully saturated rings. The van der Waals surface area contributed by atoms with E-state index in [2.05, 4.69) is 12.6 Å². The fourth-order valence-electron chi connectivity index (χ4n) is 1.62. The number of carbonyl (C=O) groups is 2. The Hall–Kier alpha value is -0.710. The summed E-state index contributed by atoms with van der Waals surface area (Å²) in [7, 11) is 0. The van der Waals surface area contributed by atoms with Gasteiger partial charge in [-0.2, -0.15) is 12.6 Å². The Labute approximate surface area is 88.7 Å². The van der Waals surface area contributed by atoms with Crippen LogP contribution < -0.4 is 0 Å². The minimum absolute atomic E-state index is 0.203. The third-order valence-electron chi connectivity index (χ3n) is 2.32. The molecule has 1 amide bonds. The maximum atomic E-state index is 11.8. The van der Waals surface area contributed by atoms with Crippen LogP contribution in [0.1, 0.15) is 26.7 Å². The minimum Gasteiger partial charge on any atom is -0.480 e. The molecule has 1 rings (SSSR count). The van der Waals surface area contributed by atoms with Crippen LogP contribution in [0.3, 0.4) is 0 Å². The fourth-order valence-corrected chi connectivity index (χ4v) is 1.75. The lowest BCUT2D eigenvalue weighted by atomic mass is 10.1. The van der Waals surface area contributed by atoms with Gasteiger partial charge in [0, 0.05) is 6.54 Å². The van der Waals surface area contributed by atoms with Crippen LogP contribution in [0.5, 0.6) is 0 Å². The Kier molecular flexibility index (Phi) is 3.09. The van der Waals surface area contributed by atoms with Crippen molar-refractivity contribution in [3.05, 3.63) is 0 Å². The maximum absolute atomic E-state index is 11.8. The molecule has 4 nitrogen and oxygen atoms in total. The van der Waals surface area contributed by atoms with E-state index in [4.69, 9.17) is 5.11 Å². The Balaban J connectivity index is 2.77. The standard InChI is InChI=1S/C9H15NO3S/c1-9(2,14)8(13)10-5-3-4-6(10)7(11)12/h6,14H,3-5H2,1-2H3,(H,11,12)/t6-/m1/s1. The van der Waals surface area contributed by atoms with E-state index in [9.17, 15) is 9.59 Å². The molecule has 0 saturated carbocycles. The SMILES string of the molecule is CC(C)(S)C(=O)N1CCC[C@@H]1C(=O)O. The first-order chi connectivity index (χ1) is 6.34. The van der Waals surface area contributed by atoms with Crippen molar-refractivity contribution in [3.63, 3.8) is 0 Å². The van der Waals surface area contributed by atoms with Crippen LogP contribution in [0.4, 0.5) is 0 Å². The third kappa shape index (κ3) is 2.20. The highest BCUT2D eigenvalue weighted by atomic mass is 32.1. The number of likely N-dealkylation sites (tertiary alicyclic amines) is 1. The van der Waals surface area contributed by atoms with E-state index >= 15 is 0 Å². The average molecular weight is 217 g/mol. The van der Waals surface area contributed by atoms with E-state index in [1.165, 1.54) is 4.90 Å². The summed E-state index contributed by atoms with van der Waals surface area (Å²) < 4.78 is -0.794. The van der Waals surface area contributed by atoms with Crippen LogP contribution in [0, 0.1) is 0 Å². The van der Waals surface area contributed by atoms with Gasteiger partial charge in [0.15, 0.2) is 0 Å². The van der Waals surface area contributed by atoms with Gasteiger partial charge in [-0.25, -0.2) is 4.79 Å². The summed E-state index contributed by atoms with van der Waals surface area (Å²) in [5.41, 5.74) is 0. The van der Waals surface area contributed by atoms with Gasteiger partial charge in [-0.15, -0.1) is 0 Å². The second-order valence-corrected chi connectivity index (χ2v) is 5.17. The molecule has 0 unspecified atom stereocenters. The molecular weight excluding hydrogens is 202 g/mol. The summed E-state index contributed by atoms with van der Waals surface area (Å²) >= 11 is 4.15. The molecule has 1 saturated heterocycles. The molecule has 0 aromatic heterocycles. The number of nitrogens with zero attached hydrogens (tertiary/aromatic N) is 1. The van der Waals surface area contributed by atoms with Gasteiger partial charge in [0.05, 0.1) is 4.75 Å². The zero-order valence-electron chi connectivity index (χ0n) is 8.36. The van der Waals surface area contributed by atoms with E-state index in [0.717, 1.165) is 6.42 Å². The molecule has 1 N–H and O–H groups in total. The Bertz CT molecular complexity index is 259. The van der Waals surface area contributed by atoms with Gasteiger partial charge in [-0.1, -0.05) is 0 Å². The number of carboxylic acid groups (broad SMARTS) is 1. The van der Waals surface area contributed by atoms with Gasteiger partial charge < -0.3 is 10.0 Å². The summed E-state index contributed by atoms with van der Waals surface area (Å²) in [6, 6.07) is -0.658. The largest absolute Gasteiger partial charge is 0.480 e. The van der Waals surface area contributed by atoms with Crippen molar-refractivity contribution in [2.24, 2.45) is 0 Å². The van der Waals surface area contributed by atoms with Crippen molar-refractivity contribution >= 4 is 24.5 Å². The number of hydrogen-bond acceptors (Lipinski definition) is 3. The number of hydrogen-bond donors (Lipinski definition) is 2. The monoisotopic (exact) mass is 217 g/mol. The highest BCUT2D eigenvalue weighted by Gasteiger charge is 2.38. The first-order valence-corrected chi connectivity index (χ1v) is 5.05. The number of carbonyl (C=O) groups excluding carboxylic acids is 1. The molecule has 5 heteroatoms. The summed E-state index contributed by atoms with van der Waals surface area (Å²) in [4.78, 5) is 24.0. The fraction of sp³-hybridized carbons (Fsp3) is 0.778. The molecule has 1 heterocycles. The maximum Gasteiger partial charge on any atom is 0.326 e. The van der Waals surface area contributed by atoms with Crippen LogP contribution in [-0.2, 0) is 9.59 Å². The van der Waals surface area contributed by atoms with Gasteiger partial charge in [-0.3, -0.25) is 4.79 Å². The van der Waals surface area contributed by atoms with Crippen LogP contribution >= 0.6 is 12.6 Å². The van der Waals surface area contributed by atoms with Crippen LogP contribution in [0.25, 0.3) is 0 Å². The van der Waals surface area contributed by atoms with Gasteiger partial charge in [0.25, 0.3) is 0 Å². The van der Waals surface area contributed by atoms with Crippen molar-refractivity contribution in [1.82, 2.24) is 4.90 Å². The number of carboxylic acids is 1. The van der Waals surface area contributed by atoms with E-state index in [1.807, 2.05) is 0 Å². The number of thiol groups is 1. The highest BCUT2D eigenvalue weighted by molar-refractivity contribution is 7.82. The Morgan fingerprint density at radius 2 is 2.07 bits per heavy atom. The summed E-state index contributed by atoms with van der Waals surface area (Å²) in [5, 5.41) is 8.88. The van der Waals surface area contributed by atoms with Crippen molar-refractivity contribution < 1.29 is 14.7 Å². The molecule has 14 heavy (non-hydrogen) atoms. The zero-order chi connectivity index (χ0) is 10.9. The minimum atomic E-state index is -0.923. The third-order valence-corrected chi connectivity index (χ3v) is 2.51. The molecule has 1 aliphatic rings. The second-order valence-electron chi connectivity index (χ2n) is 4.05. The lowest BCUT2D eigenvalue weighted by Crippen LogP contribution is -2.47. The van der Waals surface area contributed by atoms with E-state index in [0.29, 0.717) is 13.0 Å². The lowest BCUT2D eigenvalue weighted by Gasteiger charge is -2.28. The molecule has 0 radical (unpaired) electrons. The molecule has 0 aromatic carbocycles. The smallest absolute Gasteiger partial charge is 0.326 e. The highest BCUT2D eigenvalue weighted by Crippen LogP contribution is 2.24. The molecule has 0 bridgehead atoms. The predicted octanol–water partition coefficient (Wildman–Crippen LogP) is 0.770. The first kappa shape index (κ1) is 11.4. The quantitative estimate of drug-likeness (QED) is 0.672. The number of rotatable bonds is 2. The van der Waals surface area contributed by atoms with E-state index in [1.54, 1.807) is 13.8 Å². The van der Waals surface area contributed by atoms with E-state index in [-0.39, 0.29) is 5.91 Å². The molecule has 1 atom stereocenters. The molecule has 1 aliphatic heterocycles. The van der Waals surface area contributed by atoms with Crippen LogP contribution in [0.2, 0.25) is 0 Å². The average Bonchev–Trinajstić information content (AvgIpc) is 2.48. The van der Waals surface area contributed by atoms with Gasteiger partial charge in [0.1, 0.15) is 6.04 Å². The predicted molar refractivity (Wildman–Crippen MR) is 55.4 cm³/mol. The van der Waals surface area contributed by atoms with Crippen molar-refractivity contribution in [1.29, 1.82) is 0 Å². The van der Waals surface area contributed by atoms with Crippen molar-refractivity contribution in [2.75, 3.05) is 6.54 Å². The Morgan fingerprint density at radius 1 is 1.50 bits per heavy atom. The lowest BCUT2D eigenvalue weighted by molar-refractivity contribution is -0.148. The normalized spacial score (nSPS) is 22.5. The molecule has 80 valence electrons. The zero-order valence-corrected chi connectivity index (χ0v) is 9.25. The number of aliphatic carboxylic acids is 1. The summed E-state index contributed by atoms with van der Waals surface area (Å²) in [6.07, 6.45) is 1.30. The van der Waals surface area contributed by atoms with Gasteiger partial charge in [-0.05, 0) is 26.7 Å². The summed E-state index contributed by atoms with van der Waals surface area (Å²) in [6.45, 7) is 3.88.